The average molecular weight is 700 g/mol. The van der Waals surface area contributed by atoms with Gasteiger partial charge in [-0.1, -0.05) is 151 Å². The average Bonchev–Trinajstić information content (AvgIpc) is 3.18. The lowest BCUT2D eigenvalue weighted by Crippen LogP contribution is -2.32. The fourth-order valence-electron chi connectivity index (χ4n) is 9.81. The van der Waals surface area contributed by atoms with Crippen molar-refractivity contribution in [1.29, 1.82) is 0 Å². The second-order valence-electron chi connectivity index (χ2n) is 16.7. The van der Waals surface area contributed by atoms with Crippen LogP contribution in [0, 0.1) is 0 Å². The summed E-state index contributed by atoms with van der Waals surface area (Å²) in [5, 5.41) is 0. The van der Waals surface area contributed by atoms with Gasteiger partial charge in [-0.05, 0) is 88.0 Å². The van der Waals surface area contributed by atoms with Crippen LogP contribution in [0.15, 0.2) is 164 Å². The molecule has 264 valence electrons. The first-order valence-corrected chi connectivity index (χ1v) is 19.2. The van der Waals surface area contributed by atoms with Gasteiger partial charge in [-0.15, -0.1) is 0 Å². The quantitative estimate of drug-likeness (QED) is 0.182. The normalized spacial score (nSPS) is 16.7. The number of nitrogens with zero attached hydrogens (tertiary/aromatic N) is 3. The van der Waals surface area contributed by atoms with Gasteiger partial charge in [0.05, 0.1) is 51.2 Å². The van der Waals surface area contributed by atoms with Crippen LogP contribution in [0.25, 0.3) is 0 Å². The minimum atomic E-state index is -0.156. The van der Waals surface area contributed by atoms with Crippen molar-refractivity contribution in [3.8, 4) is 0 Å². The van der Waals surface area contributed by atoms with Gasteiger partial charge in [0.15, 0.2) is 0 Å². The maximum absolute atomic E-state index is 2.50. The summed E-state index contributed by atoms with van der Waals surface area (Å²) in [5.41, 5.74) is 18.1. The standard InChI is InChI=1S/C51H45N3/c1-49(2)37-19-7-13-25-43(37)52(44-26-14-8-20-38(44)49)34-31-35(53-45-27-15-9-21-39(45)50(3,4)40-22-10-16-28-46(40)53)33-36(32-34)54-47-29-17-11-23-41(47)51(5,6)42-24-12-18-30-48(42)54/h7-33H,1-6H3. The van der Waals surface area contributed by atoms with E-state index in [4.69, 9.17) is 0 Å². The largest absolute Gasteiger partial charge is 0.310 e. The molecular weight excluding hydrogens is 655 g/mol. The lowest BCUT2D eigenvalue weighted by molar-refractivity contribution is 0.631. The second kappa shape index (κ2) is 11.5. The fourth-order valence-corrected chi connectivity index (χ4v) is 9.81. The highest BCUT2D eigenvalue weighted by atomic mass is 15.2. The predicted molar refractivity (Wildman–Crippen MR) is 227 cm³/mol. The Balaban J connectivity index is 1.30. The molecule has 3 aliphatic heterocycles. The third-order valence-electron chi connectivity index (χ3n) is 12.6. The Morgan fingerprint density at radius 1 is 0.259 bits per heavy atom. The van der Waals surface area contributed by atoms with Crippen LogP contribution in [0.1, 0.15) is 74.9 Å². The Morgan fingerprint density at radius 3 is 0.611 bits per heavy atom. The number of rotatable bonds is 3. The van der Waals surface area contributed by atoms with E-state index in [2.05, 4.69) is 220 Å². The zero-order chi connectivity index (χ0) is 37.0. The number of hydrogen-bond donors (Lipinski definition) is 0. The number of anilines is 9. The van der Waals surface area contributed by atoms with Crippen molar-refractivity contribution in [2.45, 2.75) is 57.8 Å². The predicted octanol–water partition coefficient (Wildman–Crippen LogP) is 14.0. The molecule has 3 heterocycles. The minimum absolute atomic E-state index is 0.156. The minimum Gasteiger partial charge on any atom is -0.310 e. The molecule has 0 amide bonds. The first-order chi connectivity index (χ1) is 26.1. The molecule has 7 aromatic rings. The van der Waals surface area contributed by atoms with E-state index in [0.717, 1.165) is 17.1 Å². The Hall–Kier alpha value is -6.06. The number of benzene rings is 7. The van der Waals surface area contributed by atoms with Crippen LogP contribution in [0.3, 0.4) is 0 Å². The van der Waals surface area contributed by atoms with E-state index in [-0.39, 0.29) is 16.2 Å². The molecule has 7 aromatic carbocycles. The highest BCUT2D eigenvalue weighted by Crippen LogP contribution is 2.58. The third kappa shape index (κ3) is 4.48. The van der Waals surface area contributed by atoms with Crippen LogP contribution >= 0.6 is 0 Å². The molecule has 0 bridgehead atoms. The first kappa shape index (κ1) is 32.6. The monoisotopic (exact) mass is 699 g/mol. The van der Waals surface area contributed by atoms with Gasteiger partial charge >= 0.3 is 0 Å². The van der Waals surface area contributed by atoms with Gasteiger partial charge < -0.3 is 14.7 Å². The molecule has 0 N–H and O–H groups in total. The van der Waals surface area contributed by atoms with Gasteiger partial charge in [0.1, 0.15) is 0 Å². The van der Waals surface area contributed by atoms with Crippen LogP contribution in [-0.2, 0) is 16.2 Å². The smallest absolute Gasteiger partial charge is 0.0503 e. The highest BCUT2D eigenvalue weighted by molar-refractivity contribution is 5.95. The van der Waals surface area contributed by atoms with Crippen LogP contribution in [0.4, 0.5) is 51.2 Å². The summed E-state index contributed by atoms with van der Waals surface area (Å²) in [6.45, 7) is 14.1. The Bertz CT molecular complexity index is 2180. The zero-order valence-electron chi connectivity index (χ0n) is 31.9. The summed E-state index contributed by atoms with van der Waals surface area (Å²) in [5.74, 6) is 0. The maximum atomic E-state index is 2.50. The Morgan fingerprint density at radius 2 is 0.426 bits per heavy atom. The summed E-state index contributed by atoms with van der Waals surface area (Å²) < 4.78 is 0. The van der Waals surface area contributed by atoms with Crippen molar-refractivity contribution in [2.75, 3.05) is 14.7 Å². The summed E-state index contributed by atoms with van der Waals surface area (Å²) in [7, 11) is 0. The summed E-state index contributed by atoms with van der Waals surface area (Å²) in [6.07, 6.45) is 0. The van der Waals surface area contributed by atoms with Gasteiger partial charge in [0, 0.05) is 16.2 Å². The molecule has 0 atom stereocenters. The van der Waals surface area contributed by atoms with Crippen molar-refractivity contribution >= 4 is 51.2 Å². The molecule has 54 heavy (non-hydrogen) atoms. The van der Waals surface area contributed by atoms with Gasteiger partial charge in [-0.3, -0.25) is 0 Å². The molecule has 0 fully saturated rings. The van der Waals surface area contributed by atoms with E-state index in [1.807, 2.05) is 0 Å². The van der Waals surface area contributed by atoms with Crippen LogP contribution < -0.4 is 14.7 Å². The van der Waals surface area contributed by atoms with E-state index in [1.54, 1.807) is 0 Å². The molecule has 0 aliphatic carbocycles. The molecular formula is C51H45N3. The zero-order valence-corrected chi connectivity index (χ0v) is 31.9. The van der Waals surface area contributed by atoms with Crippen molar-refractivity contribution in [3.63, 3.8) is 0 Å². The van der Waals surface area contributed by atoms with Gasteiger partial charge in [0.25, 0.3) is 0 Å². The van der Waals surface area contributed by atoms with E-state index in [0.29, 0.717) is 0 Å². The van der Waals surface area contributed by atoms with Crippen LogP contribution in [0.2, 0.25) is 0 Å². The van der Waals surface area contributed by atoms with Crippen molar-refractivity contribution in [1.82, 2.24) is 0 Å². The second-order valence-corrected chi connectivity index (χ2v) is 16.7. The fraction of sp³-hybridized carbons (Fsp3) is 0.176. The molecule has 3 aliphatic rings. The van der Waals surface area contributed by atoms with E-state index in [1.165, 1.54) is 67.5 Å². The molecule has 0 aromatic heterocycles. The number of hydrogen-bond acceptors (Lipinski definition) is 3. The molecule has 0 saturated heterocycles. The number of fused-ring (bicyclic) bond motifs is 6. The van der Waals surface area contributed by atoms with Crippen molar-refractivity contribution < 1.29 is 0 Å². The topological polar surface area (TPSA) is 9.72 Å². The van der Waals surface area contributed by atoms with E-state index < -0.39 is 0 Å². The van der Waals surface area contributed by atoms with Crippen molar-refractivity contribution in [2.24, 2.45) is 0 Å². The van der Waals surface area contributed by atoms with Crippen LogP contribution in [0.5, 0.6) is 0 Å². The molecule has 0 saturated carbocycles. The van der Waals surface area contributed by atoms with Gasteiger partial charge in [0.2, 0.25) is 0 Å². The summed E-state index contributed by atoms with van der Waals surface area (Å²) in [4.78, 5) is 7.50. The molecule has 0 radical (unpaired) electrons. The van der Waals surface area contributed by atoms with E-state index >= 15 is 0 Å². The SMILES string of the molecule is CC1(C)c2ccccc2N(c2cc(N3c4ccccc4C(C)(C)c4ccccc43)cc(N3c4ccccc4C(C)(C)c4ccccc43)c2)c2ccccc21. The number of para-hydroxylation sites is 6. The molecule has 10 rings (SSSR count). The molecule has 3 heteroatoms. The lowest BCUT2D eigenvalue weighted by atomic mass is 9.73. The molecule has 3 nitrogen and oxygen atoms in total. The van der Waals surface area contributed by atoms with Crippen LogP contribution in [-0.4, -0.2) is 0 Å². The van der Waals surface area contributed by atoms with E-state index in [9.17, 15) is 0 Å². The third-order valence-corrected chi connectivity index (χ3v) is 12.6. The first-order valence-electron chi connectivity index (χ1n) is 19.2. The molecule has 0 unspecified atom stereocenters. The Kier molecular flexibility index (Phi) is 6.92. The lowest BCUT2D eigenvalue weighted by Gasteiger charge is -2.45. The van der Waals surface area contributed by atoms with Crippen molar-refractivity contribution in [3.05, 3.63) is 197 Å². The van der Waals surface area contributed by atoms with Gasteiger partial charge in [-0.2, -0.15) is 0 Å². The summed E-state index contributed by atoms with van der Waals surface area (Å²) in [6, 6.07) is 61.0. The summed E-state index contributed by atoms with van der Waals surface area (Å²) >= 11 is 0. The Labute approximate surface area is 319 Å². The maximum Gasteiger partial charge on any atom is 0.0503 e. The molecule has 0 spiro atoms. The van der Waals surface area contributed by atoms with Gasteiger partial charge in [-0.25, -0.2) is 0 Å². The highest BCUT2D eigenvalue weighted by Gasteiger charge is 2.41.